The highest BCUT2D eigenvalue weighted by Crippen LogP contribution is 2.15. The summed E-state index contributed by atoms with van der Waals surface area (Å²) < 4.78 is 13.4. The molecule has 0 radical (unpaired) electrons. The smallest absolute Gasteiger partial charge is 0.254 e. The minimum Gasteiger partial charge on any atom is -0.345 e. The first-order chi connectivity index (χ1) is 8.08. The Labute approximate surface area is 100 Å². The topological polar surface area (TPSA) is 68.0 Å². The van der Waals surface area contributed by atoms with Crippen molar-refractivity contribution in [1.82, 2.24) is 10.3 Å². The van der Waals surface area contributed by atoms with Gasteiger partial charge in [-0.2, -0.15) is 0 Å². The summed E-state index contributed by atoms with van der Waals surface area (Å²) >= 11 is 0. The molecule has 1 rings (SSSR count). The SMILES string of the molecule is CCC(CC)(CN)NC(=O)c1ccncc1F. The highest BCUT2D eigenvalue weighted by molar-refractivity contribution is 5.94. The summed E-state index contributed by atoms with van der Waals surface area (Å²) in [6.45, 7) is 4.22. The molecular formula is C12H18FN3O. The molecule has 0 saturated carbocycles. The summed E-state index contributed by atoms with van der Waals surface area (Å²) in [7, 11) is 0. The lowest BCUT2D eigenvalue weighted by Gasteiger charge is -2.31. The zero-order chi connectivity index (χ0) is 12.9. The number of nitrogens with zero attached hydrogens (tertiary/aromatic N) is 1. The number of nitrogens with one attached hydrogen (secondary N) is 1. The maximum Gasteiger partial charge on any atom is 0.254 e. The number of hydrogen-bond donors (Lipinski definition) is 2. The van der Waals surface area contributed by atoms with Crippen LogP contribution in [0.4, 0.5) is 4.39 Å². The van der Waals surface area contributed by atoms with Gasteiger partial charge in [-0.15, -0.1) is 0 Å². The third kappa shape index (κ3) is 3.00. The number of halogens is 1. The second-order valence-corrected chi connectivity index (χ2v) is 4.00. The molecule has 0 aliphatic heterocycles. The van der Waals surface area contributed by atoms with Crippen LogP contribution in [0.15, 0.2) is 18.5 Å². The molecule has 94 valence electrons. The molecule has 0 fully saturated rings. The molecule has 0 aliphatic rings. The molecule has 0 bridgehead atoms. The minimum atomic E-state index is -0.622. The third-order valence-corrected chi connectivity index (χ3v) is 3.14. The van der Waals surface area contributed by atoms with E-state index >= 15 is 0 Å². The van der Waals surface area contributed by atoms with Crippen molar-refractivity contribution in [1.29, 1.82) is 0 Å². The lowest BCUT2D eigenvalue weighted by atomic mass is 9.92. The Bertz CT molecular complexity index is 383. The molecule has 5 heteroatoms. The van der Waals surface area contributed by atoms with Crippen LogP contribution in [0.2, 0.25) is 0 Å². The van der Waals surface area contributed by atoms with Crippen molar-refractivity contribution < 1.29 is 9.18 Å². The number of aromatic nitrogens is 1. The van der Waals surface area contributed by atoms with E-state index in [1.54, 1.807) is 0 Å². The predicted molar refractivity (Wildman–Crippen MR) is 64.0 cm³/mol. The lowest BCUT2D eigenvalue weighted by molar-refractivity contribution is 0.0891. The van der Waals surface area contributed by atoms with Gasteiger partial charge in [-0.25, -0.2) is 4.39 Å². The van der Waals surface area contributed by atoms with Crippen molar-refractivity contribution in [2.45, 2.75) is 32.2 Å². The van der Waals surface area contributed by atoms with Crippen LogP contribution in [-0.2, 0) is 0 Å². The average Bonchev–Trinajstić information content (AvgIpc) is 2.36. The second-order valence-electron chi connectivity index (χ2n) is 4.00. The van der Waals surface area contributed by atoms with Gasteiger partial charge < -0.3 is 11.1 Å². The van der Waals surface area contributed by atoms with Gasteiger partial charge in [-0.3, -0.25) is 9.78 Å². The maximum atomic E-state index is 13.4. The van der Waals surface area contributed by atoms with Crippen molar-refractivity contribution in [3.63, 3.8) is 0 Å². The first kappa shape index (κ1) is 13.6. The van der Waals surface area contributed by atoms with E-state index in [9.17, 15) is 9.18 Å². The first-order valence-electron chi connectivity index (χ1n) is 5.70. The highest BCUT2D eigenvalue weighted by atomic mass is 19.1. The molecule has 0 unspecified atom stereocenters. The van der Waals surface area contributed by atoms with Crippen molar-refractivity contribution in [2.75, 3.05) is 6.54 Å². The Morgan fingerprint density at radius 2 is 2.18 bits per heavy atom. The van der Waals surface area contributed by atoms with Gasteiger partial charge in [0, 0.05) is 12.7 Å². The van der Waals surface area contributed by atoms with E-state index in [1.165, 1.54) is 12.3 Å². The van der Waals surface area contributed by atoms with Gasteiger partial charge in [0.25, 0.3) is 5.91 Å². The van der Waals surface area contributed by atoms with E-state index in [4.69, 9.17) is 5.73 Å². The predicted octanol–water partition coefficient (Wildman–Crippen LogP) is 1.47. The maximum absolute atomic E-state index is 13.4. The molecule has 1 aromatic rings. The molecule has 1 amide bonds. The third-order valence-electron chi connectivity index (χ3n) is 3.14. The normalized spacial score (nSPS) is 11.3. The van der Waals surface area contributed by atoms with Crippen LogP contribution in [-0.4, -0.2) is 23.0 Å². The number of carbonyl (C=O) groups excluding carboxylic acids is 1. The molecule has 1 heterocycles. The van der Waals surface area contributed by atoms with E-state index < -0.39 is 17.3 Å². The Morgan fingerprint density at radius 3 is 2.65 bits per heavy atom. The average molecular weight is 239 g/mol. The first-order valence-corrected chi connectivity index (χ1v) is 5.70. The van der Waals surface area contributed by atoms with Crippen LogP contribution in [0.25, 0.3) is 0 Å². The van der Waals surface area contributed by atoms with Crippen LogP contribution in [0.1, 0.15) is 37.0 Å². The largest absolute Gasteiger partial charge is 0.345 e. The fraction of sp³-hybridized carbons (Fsp3) is 0.500. The van der Waals surface area contributed by atoms with E-state index in [-0.39, 0.29) is 5.56 Å². The zero-order valence-corrected chi connectivity index (χ0v) is 10.2. The van der Waals surface area contributed by atoms with Crippen LogP contribution in [0.3, 0.4) is 0 Å². The molecule has 3 N–H and O–H groups in total. The van der Waals surface area contributed by atoms with E-state index in [0.717, 1.165) is 6.20 Å². The quantitative estimate of drug-likeness (QED) is 0.817. The molecule has 0 spiro atoms. The second kappa shape index (κ2) is 5.72. The Kier molecular flexibility index (Phi) is 4.57. The summed E-state index contributed by atoms with van der Waals surface area (Å²) in [5.74, 6) is -1.07. The Balaban J connectivity index is 2.89. The zero-order valence-electron chi connectivity index (χ0n) is 10.2. The summed E-state index contributed by atoms with van der Waals surface area (Å²) in [5.41, 5.74) is 5.21. The lowest BCUT2D eigenvalue weighted by Crippen LogP contribution is -2.53. The molecule has 0 aromatic carbocycles. The standard InChI is InChI=1S/C12H18FN3O/c1-3-12(4-2,8-14)16-11(17)9-5-6-15-7-10(9)13/h5-7H,3-4,8,14H2,1-2H3,(H,16,17). The highest BCUT2D eigenvalue weighted by Gasteiger charge is 2.27. The summed E-state index contributed by atoms with van der Waals surface area (Å²) in [6, 6.07) is 1.36. The number of pyridine rings is 1. The van der Waals surface area contributed by atoms with Crippen molar-refractivity contribution in [2.24, 2.45) is 5.73 Å². The number of rotatable bonds is 5. The number of amides is 1. The van der Waals surface area contributed by atoms with Crippen molar-refractivity contribution >= 4 is 5.91 Å². The van der Waals surface area contributed by atoms with Crippen LogP contribution >= 0.6 is 0 Å². The van der Waals surface area contributed by atoms with Gasteiger partial charge in [0.1, 0.15) is 0 Å². The van der Waals surface area contributed by atoms with Gasteiger partial charge in [0.15, 0.2) is 5.82 Å². The van der Waals surface area contributed by atoms with E-state index in [1.807, 2.05) is 13.8 Å². The van der Waals surface area contributed by atoms with Gasteiger partial charge in [0.05, 0.1) is 17.3 Å². The van der Waals surface area contributed by atoms with Gasteiger partial charge in [0.2, 0.25) is 0 Å². The summed E-state index contributed by atoms with van der Waals surface area (Å²) in [4.78, 5) is 15.5. The summed E-state index contributed by atoms with van der Waals surface area (Å²) in [5, 5.41) is 2.80. The van der Waals surface area contributed by atoms with Crippen LogP contribution in [0.5, 0.6) is 0 Å². The van der Waals surface area contributed by atoms with E-state index in [2.05, 4.69) is 10.3 Å². The van der Waals surface area contributed by atoms with Gasteiger partial charge in [-0.05, 0) is 18.9 Å². The molecule has 0 aliphatic carbocycles. The van der Waals surface area contributed by atoms with Crippen molar-refractivity contribution in [3.05, 3.63) is 29.8 Å². The minimum absolute atomic E-state index is 0.000255. The summed E-state index contributed by atoms with van der Waals surface area (Å²) in [6.07, 6.45) is 3.83. The molecule has 4 nitrogen and oxygen atoms in total. The monoisotopic (exact) mass is 239 g/mol. The number of nitrogens with two attached hydrogens (primary N) is 1. The molecule has 0 saturated heterocycles. The molecule has 0 atom stereocenters. The molecular weight excluding hydrogens is 221 g/mol. The molecule has 17 heavy (non-hydrogen) atoms. The molecule has 1 aromatic heterocycles. The Hall–Kier alpha value is -1.49. The van der Waals surface area contributed by atoms with E-state index in [0.29, 0.717) is 19.4 Å². The number of carbonyl (C=O) groups is 1. The van der Waals surface area contributed by atoms with Crippen LogP contribution < -0.4 is 11.1 Å². The number of hydrogen-bond acceptors (Lipinski definition) is 3. The van der Waals surface area contributed by atoms with Crippen LogP contribution in [0, 0.1) is 5.82 Å². The fourth-order valence-corrected chi connectivity index (χ4v) is 1.63. The van der Waals surface area contributed by atoms with Gasteiger partial charge in [-0.1, -0.05) is 13.8 Å². The Morgan fingerprint density at radius 1 is 1.53 bits per heavy atom. The van der Waals surface area contributed by atoms with Gasteiger partial charge >= 0.3 is 0 Å². The fourth-order valence-electron chi connectivity index (χ4n) is 1.63. The van der Waals surface area contributed by atoms with Crippen molar-refractivity contribution in [3.8, 4) is 0 Å².